The summed E-state index contributed by atoms with van der Waals surface area (Å²) in [5.41, 5.74) is -0.0497. The minimum atomic E-state index is -1.56. The number of hydrogen-bond acceptors (Lipinski definition) is 3. The van der Waals surface area contributed by atoms with Gasteiger partial charge < -0.3 is 9.84 Å². The molecule has 0 fully saturated rings. The third kappa shape index (κ3) is 2.55. The number of carbonyl (C=O) groups excluding carboxylic acids is 1. The molecule has 1 unspecified atom stereocenters. The van der Waals surface area contributed by atoms with E-state index in [1.54, 1.807) is 0 Å². The van der Waals surface area contributed by atoms with Gasteiger partial charge in [-0.1, -0.05) is 6.07 Å². The van der Waals surface area contributed by atoms with Crippen molar-refractivity contribution in [1.82, 2.24) is 0 Å². The standard InChI is InChI=1S/C11H12F2O3/c1-6-3-4-8(12)7(10(6)13)5-9(14)11(15)16-2/h3-4,9,14H,5H2,1-2H3. The predicted molar refractivity (Wildman–Crippen MR) is 52.8 cm³/mol. The highest BCUT2D eigenvalue weighted by Crippen LogP contribution is 2.18. The van der Waals surface area contributed by atoms with Crippen LogP contribution in [-0.2, 0) is 16.0 Å². The Bertz CT molecular complexity index is 404. The fraction of sp³-hybridized carbons (Fsp3) is 0.364. The third-order valence-corrected chi connectivity index (χ3v) is 2.25. The molecule has 1 N–H and O–H groups in total. The van der Waals surface area contributed by atoms with Gasteiger partial charge in [0, 0.05) is 12.0 Å². The maximum absolute atomic E-state index is 13.5. The van der Waals surface area contributed by atoms with E-state index in [9.17, 15) is 18.7 Å². The normalized spacial score (nSPS) is 12.3. The van der Waals surface area contributed by atoms with Gasteiger partial charge in [-0.3, -0.25) is 0 Å². The number of esters is 1. The molecule has 5 heteroatoms. The smallest absolute Gasteiger partial charge is 0.335 e. The van der Waals surface area contributed by atoms with E-state index in [1.807, 2.05) is 0 Å². The lowest BCUT2D eigenvalue weighted by atomic mass is 10.0. The molecule has 0 spiro atoms. The van der Waals surface area contributed by atoms with E-state index in [4.69, 9.17) is 0 Å². The molecule has 1 aromatic rings. The van der Waals surface area contributed by atoms with Gasteiger partial charge in [-0.2, -0.15) is 0 Å². The Hall–Kier alpha value is -1.49. The zero-order valence-electron chi connectivity index (χ0n) is 8.96. The van der Waals surface area contributed by atoms with Crippen LogP contribution in [0.5, 0.6) is 0 Å². The van der Waals surface area contributed by atoms with E-state index in [1.165, 1.54) is 13.0 Å². The molecular weight excluding hydrogens is 218 g/mol. The van der Waals surface area contributed by atoms with Crippen LogP contribution in [0.15, 0.2) is 12.1 Å². The van der Waals surface area contributed by atoms with Crippen molar-refractivity contribution < 1.29 is 23.4 Å². The van der Waals surface area contributed by atoms with Gasteiger partial charge in [-0.15, -0.1) is 0 Å². The average Bonchev–Trinajstić information content (AvgIpc) is 2.28. The predicted octanol–water partition coefficient (Wildman–Crippen LogP) is 1.35. The Labute approximate surface area is 91.7 Å². The highest BCUT2D eigenvalue weighted by atomic mass is 19.1. The van der Waals surface area contributed by atoms with Crippen molar-refractivity contribution >= 4 is 5.97 Å². The molecule has 88 valence electrons. The summed E-state index contributed by atoms with van der Waals surface area (Å²) in [5, 5.41) is 9.30. The summed E-state index contributed by atoms with van der Waals surface area (Å²) in [5.74, 6) is -2.45. The summed E-state index contributed by atoms with van der Waals surface area (Å²) in [4.78, 5) is 10.9. The molecule has 0 aliphatic carbocycles. The molecule has 16 heavy (non-hydrogen) atoms. The number of aliphatic hydroxyl groups is 1. The minimum Gasteiger partial charge on any atom is -0.467 e. The van der Waals surface area contributed by atoms with E-state index >= 15 is 0 Å². The largest absolute Gasteiger partial charge is 0.467 e. The number of rotatable bonds is 3. The van der Waals surface area contributed by atoms with Crippen molar-refractivity contribution in [1.29, 1.82) is 0 Å². The third-order valence-electron chi connectivity index (χ3n) is 2.25. The number of hydrogen-bond donors (Lipinski definition) is 1. The summed E-state index contributed by atoms with van der Waals surface area (Å²) in [6, 6.07) is 2.39. The van der Waals surface area contributed by atoms with Crippen molar-refractivity contribution in [2.24, 2.45) is 0 Å². The van der Waals surface area contributed by atoms with Crippen molar-refractivity contribution in [3.63, 3.8) is 0 Å². The van der Waals surface area contributed by atoms with Crippen LogP contribution in [-0.4, -0.2) is 24.3 Å². The van der Waals surface area contributed by atoms with Crippen LogP contribution in [0.4, 0.5) is 8.78 Å². The highest BCUT2D eigenvalue weighted by molar-refractivity contribution is 5.74. The molecule has 0 radical (unpaired) electrons. The monoisotopic (exact) mass is 230 g/mol. The maximum atomic E-state index is 13.5. The lowest BCUT2D eigenvalue weighted by Crippen LogP contribution is -2.25. The van der Waals surface area contributed by atoms with Gasteiger partial charge in [0.05, 0.1) is 7.11 Å². The molecule has 0 heterocycles. The number of aliphatic hydroxyl groups excluding tert-OH is 1. The van der Waals surface area contributed by atoms with Crippen LogP contribution < -0.4 is 0 Å². The van der Waals surface area contributed by atoms with Crippen LogP contribution in [0.2, 0.25) is 0 Å². The fourth-order valence-corrected chi connectivity index (χ4v) is 1.31. The van der Waals surface area contributed by atoms with E-state index in [0.717, 1.165) is 13.2 Å². The van der Waals surface area contributed by atoms with Gasteiger partial charge in [0.25, 0.3) is 0 Å². The molecular formula is C11H12F2O3. The molecule has 0 saturated carbocycles. The fourth-order valence-electron chi connectivity index (χ4n) is 1.31. The summed E-state index contributed by atoms with van der Waals surface area (Å²) in [6.45, 7) is 1.47. The number of halogens is 2. The molecule has 0 aliphatic heterocycles. The molecule has 0 amide bonds. The van der Waals surface area contributed by atoms with Crippen LogP contribution in [0.1, 0.15) is 11.1 Å². The average molecular weight is 230 g/mol. The quantitative estimate of drug-likeness (QED) is 0.797. The number of methoxy groups -OCH3 is 1. The summed E-state index contributed by atoms with van der Waals surface area (Å²) < 4.78 is 31.0. The van der Waals surface area contributed by atoms with E-state index < -0.39 is 30.1 Å². The first-order valence-electron chi connectivity index (χ1n) is 4.66. The topological polar surface area (TPSA) is 46.5 Å². The number of benzene rings is 1. The SMILES string of the molecule is COC(=O)C(O)Cc1c(F)ccc(C)c1F. The van der Waals surface area contributed by atoms with Crippen molar-refractivity contribution in [3.05, 3.63) is 34.9 Å². The summed E-state index contributed by atoms with van der Waals surface area (Å²) >= 11 is 0. The van der Waals surface area contributed by atoms with Gasteiger partial charge in [-0.25, -0.2) is 13.6 Å². The van der Waals surface area contributed by atoms with Crippen LogP contribution in [0.25, 0.3) is 0 Å². The molecule has 1 aromatic carbocycles. The van der Waals surface area contributed by atoms with Crippen LogP contribution in [0, 0.1) is 18.6 Å². The van der Waals surface area contributed by atoms with E-state index in [0.29, 0.717) is 0 Å². The zero-order chi connectivity index (χ0) is 12.3. The lowest BCUT2D eigenvalue weighted by molar-refractivity contribution is -0.150. The molecule has 1 atom stereocenters. The van der Waals surface area contributed by atoms with E-state index in [2.05, 4.69) is 4.74 Å². The van der Waals surface area contributed by atoms with Gasteiger partial charge in [0.2, 0.25) is 0 Å². The number of carbonyl (C=O) groups is 1. The molecule has 0 saturated heterocycles. The Kier molecular flexibility index (Phi) is 3.95. The van der Waals surface area contributed by atoms with Gasteiger partial charge in [-0.05, 0) is 18.6 Å². The molecule has 0 aliphatic rings. The van der Waals surface area contributed by atoms with Gasteiger partial charge in [0.15, 0.2) is 6.10 Å². The first-order chi connectivity index (χ1) is 7.47. The molecule has 1 rings (SSSR count). The first-order valence-corrected chi connectivity index (χ1v) is 4.66. The summed E-state index contributed by atoms with van der Waals surface area (Å²) in [7, 11) is 1.09. The Morgan fingerprint density at radius 3 is 2.69 bits per heavy atom. The Balaban J connectivity index is 2.97. The van der Waals surface area contributed by atoms with Gasteiger partial charge >= 0.3 is 5.97 Å². The van der Waals surface area contributed by atoms with Crippen molar-refractivity contribution in [2.45, 2.75) is 19.4 Å². The Morgan fingerprint density at radius 1 is 1.50 bits per heavy atom. The molecule has 3 nitrogen and oxygen atoms in total. The lowest BCUT2D eigenvalue weighted by Gasteiger charge is -2.11. The second-order valence-corrected chi connectivity index (χ2v) is 3.40. The molecule has 0 bridgehead atoms. The van der Waals surface area contributed by atoms with E-state index in [-0.39, 0.29) is 11.1 Å². The maximum Gasteiger partial charge on any atom is 0.335 e. The number of aryl methyl sites for hydroxylation is 1. The molecule has 0 aromatic heterocycles. The second kappa shape index (κ2) is 5.03. The van der Waals surface area contributed by atoms with Crippen molar-refractivity contribution in [2.75, 3.05) is 7.11 Å². The second-order valence-electron chi connectivity index (χ2n) is 3.40. The minimum absolute atomic E-state index is 0.258. The highest BCUT2D eigenvalue weighted by Gasteiger charge is 2.21. The van der Waals surface area contributed by atoms with Crippen molar-refractivity contribution in [3.8, 4) is 0 Å². The van der Waals surface area contributed by atoms with Gasteiger partial charge in [0.1, 0.15) is 11.6 Å². The number of ether oxygens (including phenoxy) is 1. The summed E-state index contributed by atoms with van der Waals surface area (Å²) in [6.07, 6.45) is -2.00. The van der Waals surface area contributed by atoms with Crippen LogP contribution >= 0.6 is 0 Å². The first kappa shape index (κ1) is 12.6. The zero-order valence-corrected chi connectivity index (χ0v) is 8.96. The van der Waals surface area contributed by atoms with Crippen LogP contribution in [0.3, 0.4) is 0 Å². The Morgan fingerprint density at radius 2 is 2.12 bits per heavy atom.